The van der Waals surface area contributed by atoms with Crippen molar-refractivity contribution >= 4 is 55.5 Å². The molecule has 1 heterocycles. The van der Waals surface area contributed by atoms with Crippen molar-refractivity contribution < 1.29 is 18.3 Å². The lowest BCUT2D eigenvalue weighted by Gasteiger charge is -2.09. The number of aromatic hydroxyl groups is 1. The SMILES string of the molecule is NC(=S)N=Nc1c(O)n(CC(=O)Nc2ccc(S(N)(=O)=O)cc2)c2ccccc12. The molecule has 0 aliphatic rings. The van der Waals surface area contributed by atoms with Crippen molar-refractivity contribution in [3.8, 4) is 5.88 Å². The zero-order valence-corrected chi connectivity index (χ0v) is 16.4. The molecule has 1 aromatic heterocycles. The second-order valence-corrected chi connectivity index (χ2v) is 7.91. The number of nitrogens with one attached hydrogen (secondary N) is 1. The Morgan fingerprint density at radius 3 is 2.45 bits per heavy atom. The molecule has 3 aromatic rings. The highest BCUT2D eigenvalue weighted by Gasteiger charge is 2.18. The predicted molar refractivity (Wildman–Crippen MR) is 111 cm³/mol. The highest BCUT2D eigenvalue weighted by atomic mass is 32.2. The maximum Gasteiger partial charge on any atom is 0.244 e. The summed E-state index contributed by atoms with van der Waals surface area (Å²) in [5, 5.41) is 26.0. The average molecular weight is 432 g/mol. The number of nitrogens with zero attached hydrogens (tertiary/aromatic N) is 3. The van der Waals surface area contributed by atoms with Gasteiger partial charge in [-0.3, -0.25) is 4.79 Å². The molecular weight excluding hydrogens is 416 g/mol. The van der Waals surface area contributed by atoms with E-state index in [1.54, 1.807) is 24.3 Å². The first kappa shape index (κ1) is 20.4. The summed E-state index contributed by atoms with van der Waals surface area (Å²) in [6.07, 6.45) is 0. The van der Waals surface area contributed by atoms with Crippen LogP contribution in [0.4, 0.5) is 11.4 Å². The first-order valence-corrected chi connectivity index (χ1v) is 10.1. The van der Waals surface area contributed by atoms with E-state index in [4.69, 9.17) is 10.9 Å². The molecule has 0 unspecified atom stereocenters. The fraction of sp³-hybridized carbons (Fsp3) is 0.0588. The predicted octanol–water partition coefficient (Wildman–Crippen LogP) is 1.96. The van der Waals surface area contributed by atoms with Crippen LogP contribution in [0, 0.1) is 0 Å². The minimum atomic E-state index is -3.82. The number of thiocarbonyl (C=S) groups is 1. The number of primary sulfonamides is 1. The van der Waals surface area contributed by atoms with Gasteiger partial charge in [-0.2, -0.15) is 0 Å². The monoisotopic (exact) mass is 432 g/mol. The van der Waals surface area contributed by atoms with Gasteiger partial charge in [0.2, 0.25) is 26.9 Å². The first-order valence-electron chi connectivity index (χ1n) is 8.11. The summed E-state index contributed by atoms with van der Waals surface area (Å²) in [5.41, 5.74) is 6.38. The van der Waals surface area contributed by atoms with Gasteiger partial charge in [-0.1, -0.05) is 18.2 Å². The van der Waals surface area contributed by atoms with Gasteiger partial charge in [0.1, 0.15) is 6.54 Å². The largest absolute Gasteiger partial charge is 0.493 e. The Kier molecular flexibility index (Phi) is 5.59. The maximum atomic E-state index is 12.5. The number of amides is 1. The van der Waals surface area contributed by atoms with Crippen LogP contribution >= 0.6 is 12.2 Å². The van der Waals surface area contributed by atoms with Gasteiger partial charge < -0.3 is 20.7 Å². The third-order valence-corrected chi connectivity index (χ3v) is 4.95. The first-order chi connectivity index (χ1) is 13.7. The van der Waals surface area contributed by atoms with E-state index in [-0.39, 0.29) is 28.1 Å². The van der Waals surface area contributed by atoms with Gasteiger partial charge in [-0.05, 0) is 42.5 Å². The second kappa shape index (κ2) is 7.95. The lowest BCUT2D eigenvalue weighted by Crippen LogP contribution is -2.18. The van der Waals surface area contributed by atoms with E-state index < -0.39 is 15.9 Å². The fourth-order valence-electron chi connectivity index (χ4n) is 2.70. The van der Waals surface area contributed by atoms with E-state index in [1.807, 2.05) is 0 Å². The highest BCUT2D eigenvalue weighted by Crippen LogP contribution is 2.38. The van der Waals surface area contributed by atoms with Crippen molar-refractivity contribution in [3.05, 3.63) is 48.5 Å². The zero-order chi connectivity index (χ0) is 21.2. The van der Waals surface area contributed by atoms with Crippen LogP contribution in [-0.2, 0) is 21.4 Å². The summed E-state index contributed by atoms with van der Waals surface area (Å²) >= 11 is 4.66. The van der Waals surface area contributed by atoms with E-state index in [0.29, 0.717) is 16.6 Å². The molecule has 0 saturated heterocycles. The molecular formula is C17H16N6O4S2. The van der Waals surface area contributed by atoms with E-state index in [1.165, 1.54) is 28.8 Å². The number of para-hydroxylation sites is 1. The maximum absolute atomic E-state index is 12.5. The quantitative estimate of drug-likeness (QED) is 0.355. The number of aromatic nitrogens is 1. The summed E-state index contributed by atoms with van der Waals surface area (Å²) in [7, 11) is -3.82. The molecule has 0 bridgehead atoms. The number of benzene rings is 2. The van der Waals surface area contributed by atoms with Crippen molar-refractivity contribution in [1.82, 2.24) is 4.57 Å². The van der Waals surface area contributed by atoms with Crippen LogP contribution in [0.1, 0.15) is 0 Å². The van der Waals surface area contributed by atoms with Crippen molar-refractivity contribution in [1.29, 1.82) is 0 Å². The average Bonchev–Trinajstić information content (AvgIpc) is 2.91. The Labute approximate surface area is 170 Å². The number of hydrogen-bond acceptors (Lipinski definition) is 6. The van der Waals surface area contributed by atoms with Gasteiger partial charge in [0.05, 0.1) is 10.4 Å². The Bertz CT molecular complexity index is 1230. The van der Waals surface area contributed by atoms with Gasteiger partial charge in [0.25, 0.3) is 0 Å². The van der Waals surface area contributed by atoms with Crippen molar-refractivity contribution in [2.75, 3.05) is 5.32 Å². The van der Waals surface area contributed by atoms with Crippen LogP contribution in [-0.4, -0.2) is 29.1 Å². The van der Waals surface area contributed by atoms with Crippen molar-refractivity contribution in [2.24, 2.45) is 21.1 Å². The Morgan fingerprint density at radius 1 is 1.17 bits per heavy atom. The second-order valence-electron chi connectivity index (χ2n) is 5.93. The van der Waals surface area contributed by atoms with Gasteiger partial charge >= 0.3 is 0 Å². The van der Waals surface area contributed by atoms with Crippen molar-refractivity contribution in [2.45, 2.75) is 11.4 Å². The smallest absolute Gasteiger partial charge is 0.244 e. The molecule has 0 radical (unpaired) electrons. The van der Waals surface area contributed by atoms with Crippen LogP contribution in [0.15, 0.2) is 63.7 Å². The van der Waals surface area contributed by atoms with Crippen molar-refractivity contribution in [3.63, 3.8) is 0 Å². The molecule has 10 nitrogen and oxygen atoms in total. The third-order valence-electron chi connectivity index (χ3n) is 3.93. The number of hydrogen-bond donors (Lipinski definition) is 4. The molecule has 0 spiro atoms. The normalized spacial score (nSPS) is 11.8. The van der Waals surface area contributed by atoms with Crippen LogP contribution in [0.25, 0.3) is 10.9 Å². The van der Waals surface area contributed by atoms with Crippen LogP contribution in [0.5, 0.6) is 5.88 Å². The summed E-state index contributed by atoms with van der Waals surface area (Å²) in [4.78, 5) is 12.4. The number of carbonyl (C=O) groups is 1. The molecule has 0 atom stereocenters. The molecule has 0 aliphatic heterocycles. The van der Waals surface area contributed by atoms with E-state index in [2.05, 4.69) is 27.8 Å². The molecule has 6 N–H and O–H groups in total. The van der Waals surface area contributed by atoms with Gasteiger partial charge in [0.15, 0.2) is 5.69 Å². The van der Waals surface area contributed by atoms with Crippen LogP contribution in [0.2, 0.25) is 0 Å². The molecule has 0 saturated carbocycles. The summed E-state index contributed by atoms with van der Waals surface area (Å²) < 4.78 is 23.9. The molecule has 3 rings (SSSR count). The number of rotatable bonds is 5. The number of anilines is 1. The van der Waals surface area contributed by atoms with E-state index in [9.17, 15) is 18.3 Å². The number of carbonyl (C=O) groups excluding carboxylic acids is 1. The molecule has 1 amide bonds. The lowest BCUT2D eigenvalue weighted by atomic mass is 10.2. The molecule has 0 aliphatic carbocycles. The van der Waals surface area contributed by atoms with Gasteiger partial charge in [-0.25, -0.2) is 13.6 Å². The van der Waals surface area contributed by atoms with E-state index >= 15 is 0 Å². The third kappa shape index (κ3) is 4.56. The summed E-state index contributed by atoms with van der Waals surface area (Å²) in [5.74, 6) is -0.729. The number of fused-ring (bicyclic) bond motifs is 1. The standard InChI is InChI=1S/C17H16N6O4S2/c18-17(28)22-21-15-12-3-1-2-4-13(12)23(16(15)25)9-14(24)20-10-5-7-11(8-6-10)29(19,26)27/h1-8,25H,9H2,(H2,18,28)(H,20,24)(H2,19,26,27). The minimum absolute atomic E-state index is 0.0719. The lowest BCUT2D eigenvalue weighted by molar-refractivity contribution is -0.116. The fourth-order valence-corrected chi connectivity index (χ4v) is 3.26. The van der Waals surface area contributed by atoms with Gasteiger partial charge in [-0.15, -0.1) is 10.2 Å². The minimum Gasteiger partial charge on any atom is -0.493 e. The molecule has 150 valence electrons. The topological polar surface area (TPSA) is 165 Å². The molecule has 29 heavy (non-hydrogen) atoms. The Hall–Kier alpha value is -3.35. The number of azo groups is 1. The molecule has 0 fully saturated rings. The Balaban J connectivity index is 1.87. The molecule has 2 aromatic carbocycles. The summed E-state index contributed by atoms with van der Waals surface area (Å²) in [6, 6.07) is 12.3. The van der Waals surface area contributed by atoms with Gasteiger partial charge in [0, 0.05) is 11.1 Å². The zero-order valence-electron chi connectivity index (χ0n) is 14.8. The Morgan fingerprint density at radius 2 is 1.83 bits per heavy atom. The summed E-state index contributed by atoms with van der Waals surface area (Å²) in [6.45, 7) is -0.230. The number of nitrogens with two attached hydrogens (primary N) is 2. The van der Waals surface area contributed by atoms with Crippen LogP contribution < -0.4 is 16.2 Å². The molecule has 12 heteroatoms. The van der Waals surface area contributed by atoms with Crippen LogP contribution in [0.3, 0.4) is 0 Å². The van der Waals surface area contributed by atoms with E-state index in [0.717, 1.165) is 0 Å². The highest BCUT2D eigenvalue weighted by molar-refractivity contribution is 7.89. The number of sulfonamides is 1.